The van der Waals surface area contributed by atoms with Crippen molar-refractivity contribution >= 4 is 34.9 Å². The first-order valence-corrected chi connectivity index (χ1v) is 8.23. The zero-order valence-electron chi connectivity index (χ0n) is 11.5. The minimum Gasteiger partial charge on any atom is -0.340 e. The second kappa shape index (κ2) is 5.62. The fourth-order valence-electron chi connectivity index (χ4n) is 1.99. The largest absolute Gasteiger partial charge is 0.340 e. The first kappa shape index (κ1) is 13.7. The smallest absolute Gasteiger partial charge is 0.138 e. The Morgan fingerprint density at radius 3 is 2.80 bits per heavy atom. The number of benzene rings is 1. The van der Waals surface area contributed by atoms with Gasteiger partial charge in [-0.3, -0.25) is 0 Å². The molecule has 1 aliphatic carbocycles. The molecule has 0 radical (unpaired) electrons. The van der Waals surface area contributed by atoms with Crippen LogP contribution in [0.3, 0.4) is 0 Å². The van der Waals surface area contributed by atoms with Crippen LogP contribution >= 0.6 is 23.4 Å². The molecule has 1 saturated carbocycles. The molecule has 0 aliphatic heterocycles. The predicted octanol–water partition coefficient (Wildman–Crippen LogP) is 4.78. The van der Waals surface area contributed by atoms with Gasteiger partial charge in [-0.25, -0.2) is 9.97 Å². The van der Waals surface area contributed by atoms with Crippen molar-refractivity contribution < 1.29 is 0 Å². The Morgan fingerprint density at radius 1 is 1.30 bits per heavy atom. The highest BCUT2D eigenvalue weighted by atomic mass is 35.5. The van der Waals surface area contributed by atoms with E-state index < -0.39 is 0 Å². The molecule has 1 aromatic carbocycles. The average Bonchev–Trinajstić information content (AvgIpc) is 3.28. The van der Waals surface area contributed by atoms with Crippen molar-refractivity contribution in [1.29, 1.82) is 0 Å². The summed E-state index contributed by atoms with van der Waals surface area (Å²) in [4.78, 5) is 10.2. The number of hydrogen-bond acceptors (Lipinski definition) is 4. The Labute approximate surface area is 128 Å². The summed E-state index contributed by atoms with van der Waals surface area (Å²) in [5, 5.41) is 3.91. The number of anilines is 2. The van der Waals surface area contributed by atoms with Gasteiger partial charge in [-0.2, -0.15) is 0 Å². The maximum Gasteiger partial charge on any atom is 0.138 e. The molecular weight excluding hydrogens is 290 g/mol. The van der Waals surface area contributed by atoms with E-state index in [4.69, 9.17) is 11.6 Å². The van der Waals surface area contributed by atoms with Gasteiger partial charge in [0.1, 0.15) is 16.8 Å². The van der Waals surface area contributed by atoms with Gasteiger partial charge in [-0.15, -0.1) is 11.8 Å². The SMILES string of the molecule is CSc1cccc(Nc2nc(C3CC3)nc(Cl)c2C)c1. The summed E-state index contributed by atoms with van der Waals surface area (Å²) in [6, 6.07) is 8.27. The minimum absolute atomic E-state index is 0.492. The summed E-state index contributed by atoms with van der Waals surface area (Å²) >= 11 is 7.94. The third-order valence-electron chi connectivity index (χ3n) is 3.38. The molecule has 0 spiro atoms. The highest BCUT2D eigenvalue weighted by Crippen LogP contribution is 2.39. The number of rotatable bonds is 4. The first-order chi connectivity index (χ1) is 9.67. The van der Waals surface area contributed by atoms with Crippen LogP contribution in [0, 0.1) is 6.92 Å². The lowest BCUT2D eigenvalue weighted by molar-refractivity contribution is 0.922. The molecule has 1 N–H and O–H groups in total. The maximum atomic E-state index is 6.22. The van der Waals surface area contributed by atoms with Crippen LogP contribution in [0.15, 0.2) is 29.2 Å². The van der Waals surface area contributed by atoms with Crippen molar-refractivity contribution in [2.75, 3.05) is 11.6 Å². The molecule has 0 atom stereocenters. The van der Waals surface area contributed by atoms with E-state index in [1.807, 2.05) is 19.1 Å². The van der Waals surface area contributed by atoms with E-state index >= 15 is 0 Å². The van der Waals surface area contributed by atoms with Gasteiger partial charge < -0.3 is 5.32 Å². The number of nitrogens with one attached hydrogen (secondary N) is 1. The molecule has 0 unspecified atom stereocenters. The van der Waals surface area contributed by atoms with Gasteiger partial charge in [0, 0.05) is 22.1 Å². The van der Waals surface area contributed by atoms with E-state index in [1.54, 1.807) is 11.8 Å². The van der Waals surface area contributed by atoms with E-state index in [1.165, 1.54) is 17.7 Å². The van der Waals surface area contributed by atoms with Crippen LogP contribution < -0.4 is 5.32 Å². The van der Waals surface area contributed by atoms with E-state index in [0.29, 0.717) is 11.1 Å². The average molecular weight is 306 g/mol. The minimum atomic E-state index is 0.492. The Balaban J connectivity index is 1.92. The van der Waals surface area contributed by atoms with Crippen LogP contribution in [0.2, 0.25) is 5.15 Å². The lowest BCUT2D eigenvalue weighted by atomic mass is 10.2. The number of halogens is 1. The summed E-state index contributed by atoms with van der Waals surface area (Å²) in [6.45, 7) is 1.94. The fraction of sp³-hybridized carbons (Fsp3) is 0.333. The zero-order chi connectivity index (χ0) is 14.1. The predicted molar refractivity (Wildman–Crippen MR) is 85.3 cm³/mol. The van der Waals surface area contributed by atoms with Crippen LogP contribution in [0.5, 0.6) is 0 Å². The normalized spacial score (nSPS) is 14.3. The van der Waals surface area contributed by atoms with Crippen LogP contribution in [0.4, 0.5) is 11.5 Å². The molecular formula is C15H16ClN3S. The van der Waals surface area contributed by atoms with Gasteiger partial charge in [0.25, 0.3) is 0 Å². The fourth-order valence-corrected chi connectivity index (χ4v) is 2.62. The number of hydrogen-bond donors (Lipinski definition) is 1. The number of aromatic nitrogens is 2. The van der Waals surface area contributed by atoms with Gasteiger partial charge in [0.2, 0.25) is 0 Å². The molecule has 0 bridgehead atoms. The van der Waals surface area contributed by atoms with Crippen molar-refractivity contribution in [3.8, 4) is 0 Å². The van der Waals surface area contributed by atoms with Gasteiger partial charge in [-0.05, 0) is 44.2 Å². The third kappa shape index (κ3) is 2.91. The van der Waals surface area contributed by atoms with Crippen LogP contribution in [-0.4, -0.2) is 16.2 Å². The second-order valence-corrected chi connectivity index (χ2v) is 6.22. The summed E-state index contributed by atoms with van der Waals surface area (Å²) in [5.41, 5.74) is 1.92. The molecule has 1 heterocycles. The molecule has 5 heteroatoms. The van der Waals surface area contributed by atoms with E-state index in [-0.39, 0.29) is 0 Å². The Kier molecular flexibility index (Phi) is 3.85. The van der Waals surface area contributed by atoms with Crippen molar-refractivity contribution in [1.82, 2.24) is 9.97 Å². The zero-order valence-corrected chi connectivity index (χ0v) is 13.1. The number of nitrogens with zero attached hydrogens (tertiary/aromatic N) is 2. The van der Waals surface area contributed by atoms with Crippen molar-refractivity contribution in [2.24, 2.45) is 0 Å². The van der Waals surface area contributed by atoms with Crippen LogP contribution in [-0.2, 0) is 0 Å². The van der Waals surface area contributed by atoms with Crippen LogP contribution in [0.1, 0.15) is 30.1 Å². The first-order valence-electron chi connectivity index (χ1n) is 6.62. The molecule has 20 heavy (non-hydrogen) atoms. The Morgan fingerprint density at radius 2 is 2.10 bits per heavy atom. The van der Waals surface area contributed by atoms with Crippen LogP contribution in [0.25, 0.3) is 0 Å². The molecule has 0 amide bonds. The van der Waals surface area contributed by atoms with Gasteiger partial charge in [-0.1, -0.05) is 17.7 Å². The number of thioether (sulfide) groups is 1. The molecule has 3 rings (SSSR count). The summed E-state index contributed by atoms with van der Waals surface area (Å²) in [6.07, 6.45) is 4.40. The molecule has 1 aromatic heterocycles. The lowest BCUT2D eigenvalue weighted by Gasteiger charge is -2.12. The van der Waals surface area contributed by atoms with Gasteiger partial charge >= 0.3 is 0 Å². The van der Waals surface area contributed by atoms with Gasteiger partial charge in [0.15, 0.2) is 0 Å². The molecule has 3 nitrogen and oxygen atoms in total. The van der Waals surface area contributed by atoms with E-state index in [2.05, 4.69) is 33.7 Å². The molecule has 0 saturated heterocycles. The highest BCUT2D eigenvalue weighted by Gasteiger charge is 2.28. The van der Waals surface area contributed by atoms with E-state index in [0.717, 1.165) is 22.9 Å². The summed E-state index contributed by atoms with van der Waals surface area (Å²) in [5.74, 6) is 2.17. The topological polar surface area (TPSA) is 37.8 Å². The molecule has 1 fully saturated rings. The Bertz CT molecular complexity index is 641. The summed E-state index contributed by atoms with van der Waals surface area (Å²) in [7, 11) is 0. The standard InChI is InChI=1S/C15H16ClN3S/c1-9-13(16)18-15(10-6-7-10)19-14(9)17-11-4-3-5-12(8-11)20-2/h3-5,8,10H,6-7H2,1-2H3,(H,17,18,19). The Hall–Kier alpha value is -1.26. The highest BCUT2D eigenvalue weighted by molar-refractivity contribution is 7.98. The monoisotopic (exact) mass is 305 g/mol. The van der Waals surface area contributed by atoms with Crippen molar-refractivity contribution in [3.05, 3.63) is 40.8 Å². The van der Waals surface area contributed by atoms with Gasteiger partial charge in [0.05, 0.1) is 0 Å². The third-order valence-corrected chi connectivity index (χ3v) is 4.47. The maximum absolute atomic E-state index is 6.22. The van der Waals surface area contributed by atoms with Crippen molar-refractivity contribution in [2.45, 2.75) is 30.6 Å². The van der Waals surface area contributed by atoms with E-state index in [9.17, 15) is 0 Å². The quantitative estimate of drug-likeness (QED) is 0.651. The molecule has 2 aromatic rings. The molecule has 1 aliphatic rings. The molecule has 104 valence electrons. The lowest BCUT2D eigenvalue weighted by Crippen LogP contribution is -2.03. The summed E-state index contributed by atoms with van der Waals surface area (Å²) < 4.78 is 0. The second-order valence-electron chi connectivity index (χ2n) is 4.98. The van der Waals surface area contributed by atoms with Crippen molar-refractivity contribution in [3.63, 3.8) is 0 Å².